The van der Waals surface area contributed by atoms with Crippen LogP contribution >= 0.6 is 0 Å². The lowest BCUT2D eigenvalue weighted by atomic mass is 10.4. The number of carboxylic acid groups (broad SMARTS) is 1. The van der Waals surface area contributed by atoms with Crippen molar-refractivity contribution in [2.75, 3.05) is 13.1 Å². The first-order chi connectivity index (χ1) is 8.56. The van der Waals surface area contributed by atoms with E-state index in [2.05, 4.69) is 10.3 Å². The number of oxazole rings is 1. The summed E-state index contributed by atoms with van der Waals surface area (Å²) in [6.45, 7) is 3.80. The van der Waals surface area contributed by atoms with Crippen LogP contribution in [0.4, 0.5) is 4.79 Å². The zero-order valence-electron chi connectivity index (χ0n) is 10.5. The van der Waals surface area contributed by atoms with Crippen LogP contribution in [0.3, 0.4) is 0 Å². The molecule has 0 aliphatic carbocycles. The average molecular weight is 255 g/mol. The van der Waals surface area contributed by atoms with Crippen molar-refractivity contribution in [2.24, 2.45) is 0 Å². The van der Waals surface area contributed by atoms with Crippen LogP contribution < -0.4 is 5.32 Å². The van der Waals surface area contributed by atoms with E-state index in [1.807, 2.05) is 6.92 Å². The van der Waals surface area contributed by atoms with Gasteiger partial charge >= 0.3 is 12.0 Å². The normalized spacial score (nSPS) is 10.1. The predicted molar refractivity (Wildman–Crippen MR) is 63.0 cm³/mol. The number of urea groups is 1. The quantitative estimate of drug-likeness (QED) is 0.785. The molecule has 0 aliphatic rings. The van der Waals surface area contributed by atoms with Gasteiger partial charge in [0.15, 0.2) is 0 Å². The summed E-state index contributed by atoms with van der Waals surface area (Å²) in [5.41, 5.74) is 0. The number of carbonyl (C=O) groups excluding carboxylic acids is 1. The number of rotatable bonds is 6. The van der Waals surface area contributed by atoms with Gasteiger partial charge in [-0.15, -0.1) is 0 Å². The number of aromatic nitrogens is 1. The first-order valence-corrected chi connectivity index (χ1v) is 5.75. The van der Waals surface area contributed by atoms with Crippen molar-refractivity contribution < 1.29 is 19.1 Å². The van der Waals surface area contributed by atoms with Gasteiger partial charge in [0.1, 0.15) is 12.3 Å². The molecule has 7 heteroatoms. The lowest BCUT2D eigenvalue weighted by Gasteiger charge is -2.18. The topological polar surface area (TPSA) is 95.7 Å². The number of hydrogen-bond acceptors (Lipinski definition) is 4. The smallest absolute Gasteiger partial charge is 0.323 e. The molecule has 2 N–H and O–H groups in total. The third-order valence-electron chi connectivity index (χ3n) is 2.34. The highest BCUT2D eigenvalue weighted by Gasteiger charge is 2.15. The zero-order chi connectivity index (χ0) is 13.5. The number of carboxylic acids is 1. The maximum Gasteiger partial charge on any atom is 0.323 e. The summed E-state index contributed by atoms with van der Waals surface area (Å²) >= 11 is 0. The molecule has 7 nitrogen and oxygen atoms in total. The van der Waals surface area contributed by atoms with Crippen LogP contribution in [0.25, 0.3) is 0 Å². The number of likely N-dealkylation sites (N-methyl/N-ethyl adjacent to an activating group) is 1. The second kappa shape index (κ2) is 6.63. The molecule has 0 saturated carbocycles. The standard InChI is InChI=1S/C11H17N3O4/c1-3-8-5-12-9(18-8)6-13-11(17)14(4-2)7-10(15)16/h5H,3-4,6-7H2,1-2H3,(H,13,17)(H,15,16). The molecule has 0 unspecified atom stereocenters. The molecule has 0 radical (unpaired) electrons. The van der Waals surface area contributed by atoms with Crippen LogP contribution in [-0.2, 0) is 17.8 Å². The Kier molecular flexibility index (Phi) is 5.16. The number of aliphatic carboxylic acids is 1. The Morgan fingerprint density at radius 3 is 2.72 bits per heavy atom. The van der Waals surface area contributed by atoms with Gasteiger partial charge in [-0.1, -0.05) is 6.92 Å². The molecule has 2 amide bonds. The average Bonchev–Trinajstić information content (AvgIpc) is 2.80. The maximum absolute atomic E-state index is 11.6. The van der Waals surface area contributed by atoms with Gasteiger partial charge in [0.05, 0.1) is 12.7 Å². The monoisotopic (exact) mass is 255 g/mol. The molecule has 1 aromatic rings. The van der Waals surface area contributed by atoms with Gasteiger partial charge in [0.25, 0.3) is 0 Å². The van der Waals surface area contributed by atoms with Crippen molar-refractivity contribution >= 4 is 12.0 Å². The number of amides is 2. The second-order valence-electron chi connectivity index (χ2n) is 3.64. The highest BCUT2D eigenvalue weighted by atomic mass is 16.4. The van der Waals surface area contributed by atoms with Gasteiger partial charge in [-0.3, -0.25) is 4.79 Å². The second-order valence-corrected chi connectivity index (χ2v) is 3.64. The zero-order valence-corrected chi connectivity index (χ0v) is 10.5. The van der Waals surface area contributed by atoms with E-state index in [0.717, 1.165) is 12.2 Å². The van der Waals surface area contributed by atoms with Crippen molar-refractivity contribution in [1.29, 1.82) is 0 Å². The Morgan fingerprint density at radius 2 is 2.22 bits per heavy atom. The lowest BCUT2D eigenvalue weighted by Crippen LogP contribution is -2.42. The molecule has 18 heavy (non-hydrogen) atoms. The van der Waals surface area contributed by atoms with E-state index < -0.39 is 12.0 Å². The van der Waals surface area contributed by atoms with E-state index in [0.29, 0.717) is 12.4 Å². The van der Waals surface area contributed by atoms with E-state index in [9.17, 15) is 9.59 Å². The van der Waals surface area contributed by atoms with Gasteiger partial charge < -0.3 is 19.7 Å². The summed E-state index contributed by atoms with van der Waals surface area (Å²) in [7, 11) is 0. The van der Waals surface area contributed by atoms with Gasteiger partial charge in [0.2, 0.25) is 5.89 Å². The van der Waals surface area contributed by atoms with Crippen LogP contribution in [0.1, 0.15) is 25.5 Å². The number of aryl methyl sites for hydroxylation is 1. The highest BCUT2D eigenvalue weighted by molar-refractivity contribution is 5.79. The summed E-state index contributed by atoms with van der Waals surface area (Å²) in [6.07, 6.45) is 2.34. The molecule has 0 saturated heterocycles. The van der Waals surface area contributed by atoms with E-state index in [4.69, 9.17) is 9.52 Å². The van der Waals surface area contributed by atoms with Crippen molar-refractivity contribution in [3.05, 3.63) is 17.8 Å². The van der Waals surface area contributed by atoms with E-state index in [1.54, 1.807) is 13.1 Å². The molecular weight excluding hydrogens is 238 g/mol. The Hall–Kier alpha value is -2.05. The summed E-state index contributed by atoms with van der Waals surface area (Å²) in [6, 6.07) is -0.448. The first kappa shape index (κ1) is 14.0. The molecular formula is C11H17N3O4. The van der Waals surface area contributed by atoms with Gasteiger partial charge in [-0.05, 0) is 6.92 Å². The van der Waals surface area contributed by atoms with E-state index in [1.165, 1.54) is 4.90 Å². The molecule has 0 aliphatic heterocycles. The highest BCUT2D eigenvalue weighted by Crippen LogP contribution is 2.03. The van der Waals surface area contributed by atoms with Crippen LogP contribution in [0.2, 0.25) is 0 Å². The molecule has 1 aromatic heterocycles. The molecule has 0 aromatic carbocycles. The number of nitrogens with one attached hydrogen (secondary N) is 1. The lowest BCUT2D eigenvalue weighted by molar-refractivity contribution is -0.137. The Labute approximate surface area is 105 Å². The Balaban J connectivity index is 2.46. The largest absolute Gasteiger partial charge is 0.480 e. The summed E-state index contributed by atoms with van der Waals surface area (Å²) in [5.74, 6) is 0.111. The van der Waals surface area contributed by atoms with Crippen molar-refractivity contribution in [3.8, 4) is 0 Å². The molecule has 0 atom stereocenters. The van der Waals surface area contributed by atoms with E-state index in [-0.39, 0.29) is 13.1 Å². The fraction of sp³-hybridized carbons (Fsp3) is 0.545. The number of hydrogen-bond donors (Lipinski definition) is 2. The van der Waals surface area contributed by atoms with Crippen LogP contribution in [0.5, 0.6) is 0 Å². The molecule has 0 fully saturated rings. The SMILES string of the molecule is CCc1cnc(CNC(=O)N(CC)CC(=O)O)o1. The fourth-order valence-corrected chi connectivity index (χ4v) is 1.35. The minimum absolute atomic E-state index is 0.148. The number of carbonyl (C=O) groups is 2. The predicted octanol–water partition coefficient (Wildman–Crippen LogP) is 0.853. The minimum atomic E-state index is -1.05. The van der Waals surface area contributed by atoms with Crippen LogP contribution in [0.15, 0.2) is 10.6 Å². The minimum Gasteiger partial charge on any atom is -0.480 e. The van der Waals surface area contributed by atoms with Gasteiger partial charge in [-0.25, -0.2) is 9.78 Å². The van der Waals surface area contributed by atoms with Crippen molar-refractivity contribution in [2.45, 2.75) is 26.8 Å². The van der Waals surface area contributed by atoms with Crippen molar-refractivity contribution in [3.63, 3.8) is 0 Å². The van der Waals surface area contributed by atoms with Gasteiger partial charge in [0, 0.05) is 13.0 Å². The summed E-state index contributed by atoms with van der Waals surface area (Å²) < 4.78 is 5.32. The third-order valence-corrected chi connectivity index (χ3v) is 2.34. The summed E-state index contributed by atoms with van der Waals surface area (Å²) in [5, 5.41) is 11.2. The molecule has 0 bridgehead atoms. The molecule has 100 valence electrons. The Morgan fingerprint density at radius 1 is 1.50 bits per heavy atom. The van der Waals surface area contributed by atoms with Crippen LogP contribution in [-0.4, -0.2) is 40.1 Å². The third kappa shape index (κ3) is 4.08. The molecule has 0 spiro atoms. The molecule has 1 rings (SSSR count). The van der Waals surface area contributed by atoms with Gasteiger partial charge in [-0.2, -0.15) is 0 Å². The van der Waals surface area contributed by atoms with Crippen LogP contribution in [0, 0.1) is 0 Å². The summed E-state index contributed by atoms with van der Waals surface area (Å²) in [4.78, 5) is 27.4. The molecule has 1 heterocycles. The van der Waals surface area contributed by atoms with E-state index >= 15 is 0 Å². The Bertz CT molecular complexity index is 416. The maximum atomic E-state index is 11.6. The van der Waals surface area contributed by atoms with Crippen molar-refractivity contribution in [1.82, 2.24) is 15.2 Å². The fourth-order valence-electron chi connectivity index (χ4n) is 1.35. The number of nitrogens with zero attached hydrogens (tertiary/aromatic N) is 2. The first-order valence-electron chi connectivity index (χ1n) is 5.75.